The van der Waals surface area contributed by atoms with E-state index in [-0.39, 0.29) is 11.9 Å². The molecule has 0 atom stereocenters. The summed E-state index contributed by atoms with van der Waals surface area (Å²) < 4.78 is 5.25. The Kier molecular flexibility index (Phi) is 4.19. The van der Waals surface area contributed by atoms with Crippen LogP contribution in [0.25, 0.3) is 0 Å². The van der Waals surface area contributed by atoms with Crippen LogP contribution in [-0.2, 0) is 11.2 Å². The van der Waals surface area contributed by atoms with Gasteiger partial charge >= 0.3 is 0 Å². The quantitative estimate of drug-likeness (QED) is 0.740. The zero-order valence-corrected chi connectivity index (χ0v) is 10.7. The van der Waals surface area contributed by atoms with Crippen LogP contribution in [0.1, 0.15) is 42.4 Å². The fourth-order valence-electron chi connectivity index (χ4n) is 2.10. The highest BCUT2D eigenvalue weighted by molar-refractivity contribution is 5.97. The summed E-state index contributed by atoms with van der Waals surface area (Å²) in [5, 5.41) is 9.79. The van der Waals surface area contributed by atoms with Crippen LogP contribution in [0.2, 0.25) is 0 Å². The minimum absolute atomic E-state index is 0.164. The topological polar surface area (TPSA) is 93.0 Å². The predicted octanol–water partition coefficient (Wildman–Crippen LogP) is 0.853. The van der Waals surface area contributed by atoms with Crippen molar-refractivity contribution < 1.29 is 9.53 Å². The molecule has 0 radical (unpaired) electrons. The van der Waals surface area contributed by atoms with E-state index in [2.05, 4.69) is 22.4 Å². The van der Waals surface area contributed by atoms with Crippen LogP contribution in [0, 0.1) is 0 Å². The summed E-state index contributed by atoms with van der Waals surface area (Å²) in [6, 6.07) is 0.164. The molecule has 1 aliphatic heterocycles. The first-order valence-corrected chi connectivity index (χ1v) is 6.43. The lowest BCUT2D eigenvalue weighted by Gasteiger charge is -2.22. The number of hydrogen-bond donors (Lipinski definition) is 3. The maximum absolute atomic E-state index is 12.0. The number of aromatic amines is 1. The number of nitrogens with zero attached hydrogens (tertiary/aromatic N) is 1. The molecule has 1 aliphatic rings. The Labute approximate surface area is 106 Å². The van der Waals surface area contributed by atoms with Gasteiger partial charge in [0.05, 0.1) is 11.4 Å². The van der Waals surface area contributed by atoms with Crippen molar-refractivity contribution in [2.24, 2.45) is 0 Å². The van der Waals surface area contributed by atoms with Gasteiger partial charge in [0.15, 0.2) is 5.69 Å². The molecule has 2 rings (SSSR count). The standard InChI is InChI=1S/C12H20N4O2/c1-2-3-9-10(13)11(16-15-9)12(17)14-8-4-6-18-7-5-8/h8H,2-7,13H2,1H3,(H,14,17)(H,15,16). The normalized spacial score (nSPS) is 16.7. The second kappa shape index (κ2) is 5.86. The van der Waals surface area contributed by atoms with Gasteiger partial charge in [0, 0.05) is 19.3 Å². The molecule has 1 fully saturated rings. The number of carbonyl (C=O) groups excluding carboxylic acids is 1. The molecule has 0 aromatic carbocycles. The number of aromatic nitrogens is 2. The number of amides is 1. The smallest absolute Gasteiger partial charge is 0.274 e. The lowest BCUT2D eigenvalue weighted by Crippen LogP contribution is -2.39. The molecule has 0 aliphatic carbocycles. The van der Waals surface area contributed by atoms with Crippen molar-refractivity contribution in [1.82, 2.24) is 15.5 Å². The first-order valence-electron chi connectivity index (χ1n) is 6.43. The first-order chi connectivity index (χ1) is 8.72. The number of anilines is 1. The van der Waals surface area contributed by atoms with Crippen LogP contribution in [0.3, 0.4) is 0 Å². The van der Waals surface area contributed by atoms with Gasteiger partial charge in [-0.3, -0.25) is 9.89 Å². The Morgan fingerprint density at radius 2 is 2.28 bits per heavy atom. The third-order valence-electron chi connectivity index (χ3n) is 3.15. The maximum atomic E-state index is 12.0. The molecule has 2 heterocycles. The van der Waals surface area contributed by atoms with Crippen molar-refractivity contribution in [3.8, 4) is 0 Å². The highest BCUT2D eigenvalue weighted by Gasteiger charge is 2.21. The molecule has 1 aromatic rings. The first kappa shape index (κ1) is 12.9. The van der Waals surface area contributed by atoms with Crippen LogP contribution in [0.5, 0.6) is 0 Å². The molecule has 0 saturated carbocycles. The second-order valence-electron chi connectivity index (χ2n) is 4.57. The Balaban J connectivity index is 1.99. The number of nitrogen functional groups attached to an aromatic ring is 1. The molecular weight excluding hydrogens is 232 g/mol. The Hall–Kier alpha value is -1.56. The van der Waals surface area contributed by atoms with Gasteiger partial charge in [0.1, 0.15) is 0 Å². The summed E-state index contributed by atoms with van der Waals surface area (Å²) in [7, 11) is 0. The summed E-state index contributed by atoms with van der Waals surface area (Å²) in [4.78, 5) is 12.0. The Morgan fingerprint density at radius 1 is 1.56 bits per heavy atom. The molecule has 1 saturated heterocycles. The van der Waals surface area contributed by atoms with Gasteiger partial charge in [-0.25, -0.2) is 0 Å². The van der Waals surface area contributed by atoms with Gasteiger partial charge in [0.25, 0.3) is 5.91 Å². The molecule has 0 bridgehead atoms. The summed E-state index contributed by atoms with van der Waals surface area (Å²) in [5.74, 6) is -0.196. The Bertz CT molecular complexity index is 410. The third-order valence-corrected chi connectivity index (χ3v) is 3.15. The molecule has 6 nitrogen and oxygen atoms in total. The molecular formula is C12H20N4O2. The van der Waals surface area contributed by atoms with E-state index >= 15 is 0 Å². The van der Waals surface area contributed by atoms with Gasteiger partial charge < -0.3 is 15.8 Å². The average Bonchev–Trinajstić information content (AvgIpc) is 2.73. The van der Waals surface area contributed by atoms with Crippen molar-refractivity contribution in [3.63, 3.8) is 0 Å². The molecule has 4 N–H and O–H groups in total. The third kappa shape index (κ3) is 2.81. The predicted molar refractivity (Wildman–Crippen MR) is 68.3 cm³/mol. The van der Waals surface area contributed by atoms with Crippen LogP contribution >= 0.6 is 0 Å². The zero-order chi connectivity index (χ0) is 13.0. The molecule has 18 heavy (non-hydrogen) atoms. The number of rotatable bonds is 4. The van der Waals surface area contributed by atoms with Crippen LogP contribution in [0.4, 0.5) is 5.69 Å². The van der Waals surface area contributed by atoms with Gasteiger partial charge in [-0.05, 0) is 19.3 Å². The lowest BCUT2D eigenvalue weighted by atomic mass is 10.1. The van der Waals surface area contributed by atoms with Crippen LogP contribution < -0.4 is 11.1 Å². The fourth-order valence-corrected chi connectivity index (χ4v) is 2.10. The van der Waals surface area contributed by atoms with E-state index in [4.69, 9.17) is 10.5 Å². The van der Waals surface area contributed by atoms with Crippen LogP contribution in [-0.4, -0.2) is 35.4 Å². The number of ether oxygens (including phenoxy) is 1. The van der Waals surface area contributed by atoms with Crippen molar-refractivity contribution in [2.45, 2.75) is 38.6 Å². The number of nitrogens with two attached hydrogens (primary N) is 1. The monoisotopic (exact) mass is 252 g/mol. The number of H-pyrrole nitrogens is 1. The van der Waals surface area contributed by atoms with Gasteiger partial charge in [0.2, 0.25) is 0 Å². The van der Waals surface area contributed by atoms with E-state index < -0.39 is 0 Å². The van der Waals surface area contributed by atoms with Gasteiger partial charge in [-0.1, -0.05) is 13.3 Å². The zero-order valence-electron chi connectivity index (χ0n) is 10.7. The minimum Gasteiger partial charge on any atom is -0.395 e. The van der Waals surface area contributed by atoms with Crippen molar-refractivity contribution >= 4 is 11.6 Å². The summed E-state index contributed by atoms with van der Waals surface area (Å²) in [5.41, 5.74) is 7.54. The van der Waals surface area contributed by atoms with Crippen molar-refractivity contribution in [2.75, 3.05) is 18.9 Å². The number of hydrogen-bond acceptors (Lipinski definition) is 4. The van der Waals surface area contributed by atoms with E-state index in [0.717, 1.165) is 31.4 Å². The molecule has 6 heteroatoms. The van der Waals surface area contributed by atoms with E-state index in [1.54, 1.807) is 0 Å². The molecule has 0 unspecified atom stereocenters. The summed E-state index contributed by atoms with van der Waals surface area (Å²) in [6.07, 6.45) is 3.46. The number of nitrogens with one attached hydrogen (secondary N) is 2. The average molecular weight is 252 g/mol. The maximum Gasteiger partial charge on any atom is 0.274 e. The number of carbonyl (C=O) groups is 1. The highest BCUT2D eigenvalue weighted by atomic mass is 16.5. The highest BCUT2D eigenvalue weighted by Crippen LogP contribution is 2.16. The van der Waals surface area contributed by atoms with Crippen LogP contribution in [0.15, 0.2) is 0 Å². The minimum atomic E-state index is -0.196. The lowest BCUT2D eigenvalue weighted by molar-refractivity contribution is 0.0694. The number of aryl methyl sites for hydroxylation is 1. The largest absolute Gasteiger partial charge is 0.395 e. The van der Waals surface area contributed by atoms with E-state index in [0.29, 0.717) is 24.6 Å². The van der Waals surface area contributed by atoms with Gasteiger partial charge in [-0.2, -0.15) is 5.10 Å². The molecule has 1 amide bonds. The molecule has 0 spiro atoms. The second-order valence-corrected chi connectivity index (χ2v) is 4.57. The summed E-state index contributed by atoms with van der Waals surface area (Å²) >= 11 is 0. The summed E-state index contributed by atoms with van der Waals surface area (Å²) in [6.45, 7) is 3.45. The fraction of sp³-hybridized carbons (Fsp3) is 0.667. The van der Waals surface area contributed by atoms with Gasteiger partial charge in [-0.15, -0.1) is 0 Å². The van der Waals surface area contributed by atoms with E-state index in [9.17, 15) is 4.79 Å². The van der Waals surface area contributed by atoms with E-state index in [1.807, 2.05) is 0 Å². The molecule has 1 aromatic heterocycles. The van der Waals surface area contributed by atoms with E-state index in [1.165, 1.54) is 0 Å². The SMILES string of the molecule is CCCc1[nH]nc(C(=O)NC2CCOCC2)c1N. The Morgan fingerprint density at radius 3 is 2.94 bits per heavy atom. The van der Waals surface area contributed by atoms with Crippen molar-refractivity contribution in [1.29, 1.82) is 0 Å². The molecule has 100 valence electrons. The van der Waals surface area contributed by atoms with Crippen molar-refractivity contribution in [3.05, 3.63) is 11.4 Å².